The largest absolute Gasteiger partial charge is 0 e. The van der Waals surface area contributed by atoms with Crippen LogP contribution in [0.1, 0.15) is 27.7 Å². The van der Waals surface area contributed by atoms with Crippen molar-refractivity contribution in [2.45, 2.75) is 27.7 Å². The first-order valence-corrected chi connectivity index (χ1v) is 5.37. The van der Waals surface area contributed by atoms with Crippen molar-refractivity contribution in [2.24, 2.45) is 0 Å². The van der Waals surface area contributed by atoms with Crippen molar-refractivity contribution in [3.63, 3.8) is 0 Å². The third kappa shape index (κ3) is 51.2. The maximum Gasteiger partial charge on any atom is 0 e. The molecule has 0 aliphatic carbocycles. The molecule has 0 aliphatic heterocycles. The zero-order valence-corrected chi connectivity index (χ0v) is 14.5. The summed E-state index contributed by atoms with van der Waals surface area (Å²) < 4.78 is 38.8. The molecule has 8 heteroatoms. The van der Waals surface area contributed by atoms with Crippen molar-refractivity contribution in [2.75, 3.05) is 26.2 Å². The van der Waals surface area contributed by atoms with E-state index in [1.807, 2.05) is 0 Å². The minimum atomic E-state index is 0. The number of hydrogen-bond donors (Lipinski definition) is 0. The summed E-state index contributed by atoms with van der Waals surface area (Å²) in [6.07, 6.45) is 0. The zero-order valence-electron chi connectivity index (χ0n) is 13.2. The van der Waals surface area contributed by atoms with Crippen molar-refractivity contribution < 1.29 is 45.1 Å². The molecule has 0 spiro atoms. The Morgan fingerprint density at radius 3 is 0.682 bits per heavy atom. The maximum absolute atomic E-state index is 7.50. The van der Waals surface area contributed by atoms with E-state index in [9.17, 15) is 0 Å². The van der Waals surface area contributed by atoms with E-state index < -0.39 is 0 Å². The van der Waals surface area contributed by atoms with Crippen LogP contribution in [-0.2, 0) is 40.6 Å². The van der Waals surface area contributed by atoms with Crippen molar-refractivity contribution in [1.82, 2.24) is 0 Å². The quantitative estimate of drug-likeness (QED) is 0.429. The van der Waals surface area contributed by atoms with Gasteiger partial charge in [-0.25, -0.2) is 5.26 Å². The van der Waals surface area contributed by atoms with E-state index in [0.29, 0.717) is 0 Å². The zero-order chi connectivity index (χ0) is 19.3. The van der Waals surface area contributed by atoms with E-state index >= 15 is 0 Å². The molecule has 122 valence electrons. The molecule has 0 aromatic rings. The van der Waals surface area contributed by atoms with Gasteiger partial charge in [0, 0.05) is 23.9 Å². The van der Waals surface area contributed by atoms with Gasteiger partial charge in [-0.1, -0.05) is 0 Å². The molecule has 7 nitrogen and oxygen atoms in total. The van der Waals surface area contributed by atoms with Gasteiger partial charge in [-0.3, -0.25) is 0 Å². The van der Waals surface area contributed by atoms with Crippen LogP contribution in [0, 0.1) is 45.1 Å². The van der Waals surface area contributed by atoms with Crippen LogP contribution in [0.25, 0.3) is 0 Å². The summed E-state index contributed by atoms with van der Waals surface area (Å²) in [7, 11) is 0. The van der Waals surface area contributed by atoms with Crippen LogP contribution in [0.3, 0.4) is 0 Å². The fourth-order valence-corrected chi connectivity index (χ4v) is 1.34. The summed E-state index contributed by atoms with van der Waals surface area (Å²) in [6.45, 7) is 40.2. The second-order valence-corrected chi connectivity index (χ2v) is 2.61. The Kier molecular flexibility index (Phi) is 206. The third-order valence-corrected chi connectivity index (χ3v) is 2.68. The van der Waals surface area contributed by atoms with Gasteiger partial charge in [-0.15, -0.1) is 0 Å². The molecule has 0 aromatic heterocycles. The fourth-order valence-electron chi connectivity index (χ4n) is 1.34. The predicted octanol–water partition coefficient (Wildman–Crippen LogP) is 1.83. The Bertz CT molecular complexity index is 202. The molecule has 0 N–H and O–H groups in total. The Hall–Kier alpha value is -1.32. The molecule has 0 fully saturated rings. The van der Waals surface area contributed by atoms with Crippen LogP contribution in [-0.4, -0.2) is 30.7 Å². The monoisotopic (exact) mass is 349 g/mol. The average Bonchev–Trinajstić information content (AvgIpc) is 2.67. The van der Waals surface area contributed by atoms with Gasteiger partial charge in [0.2, 0.25) is 0 Å². The first-order chi connectivity index (χ1) is 10.2. The van der Waals surface area contributed by atoms with Crippen LogP contribution in [0.2, 0.25) is 0 Å². The maximum atomic E-state index is 7.50. The topological polar surface area (TPSA) is 123 Å². The number of rotatable bonds is 4. The van der Waals surface area contributed by atoms with Gasteiger partial charge in [-0.2, -0.15) is 0 Å². The summed E-state index contributed by atoms with van der Waals surface area (Å²) in [4.78, 5) is 0. The fraction of sp³-hybridized carbons (Fsp3) is 0.571. The standard InChI is InChI=1S/C8H20N.CHN.5CO.Cr/c1-5-9(6-2,7-3)8-4;6*1-2;/h5-8H2,1-4H3;1H;;;;;;/q+1;;;;;;;. The molecule has 0 aromatic carbocycles. The smallest absolute Gasteiger partial charge is 0 e. The normalized spacial score (nSPS) is 5.45. The van der Waals surface area contributed by atoms with Gasteiger partial charge in [0.15, 0.2) is 0 Å². The van der Waals surface area contributed by atoms with Gasteiger partial charge in [-0.05, 0) is 27.7 Å². The SMILES string of the molecule is C#N.CC[N+](CC)(CC)CC.[C-]#[O+].[C-]#[O+].[C-]#[O+].[C-]#[O+].[C-]#[O+].[Cr]. The van der Waals surface area contributed by atoms with E-state index in [4.69, 9.17) is 28.5 Å². The number of nitrogens with zero attached hydrogens (tertiary/aromatic N) is 2. The van der Waals surface area contributed by atoms with Crippen LogP contribution in [0.5, 0.6) is 0 Å². The molecule has 0 heterocycles. The summed E-state index contributed by atoms with van der Waals surface area (Å²) >= 11 is 0. The van der Waals surface area contributed by atoms with Gasteiger partial charge >= 0.3 is 56.5 Å². The average molecular weight is 349 g/mol. The van der Waals surface area contributed by atoms with Gasteiger partial charge < -0.3 is 4.48 Å². The molecular weight excluding hydrogens is 328 g/mol. The molecule has 0 radical (unpaired) electrons. The van der Waals surface area contributed by atoms with E-state index in [1.165, 1.54) is 30.7 Å². The Morgan fingerprint density at radius 2 is 0.682 bits per heavy atom. The Morgan fingerprint density at radius 1 is 0.591 bits per heavy atom. The van der Waals surface area contributed by atoms with Crippen LogP contribution < -0.4 is 0 Å². The van der Waals surface area contributed by atoms with Crippen molar-refractivity contribution in [3.8, 4) is 6.57 Å². The minimum Gasteiger partial charge on any atom is 0 e. The van der Waals surface area contributed by atoms with E-state index in [0.717, 1.165) is 0 Å². The predicted molar refractivity (Wildman–Crippen MR) is 68.7 cm³/mol. The molecule has 0 unspecified atom stereocenters. The molecule has 0 saturated carbocycles. The van der Waals surface area contributed by atoms with Crippen molar-refractivity contribution in [3.05, 3.63) is 33.3 Å². The third-order valence-electron chi connectivity index (χ3n) is 2.68. The first-order valence-electron chi connectivity index (χ1n) is 5.37. The van der Waals surface area contributed by atoms with Gasteiger partial charge in [0.25, 0.3) is 0 Å². The molecule has 0 saturated heterocycles. The van der Waals surface area contributed by atoms with Crippen molar-refractivity contribution in [1.29, 1.82) is 5.26 Å². The second kappa shape index (κ2) is 91.1. The number of hydrogen-bond acceptors (Lipinski definition) is 1. The molecule has 0 amide bonds. The summed E-state index contributed by atoms with van der Waals surface area (Å²) in [5, 5.41) is 6.50. The summed E-state index contributed by atoms with van der Waals surface area (Å²) in [5.41, 5.74) is 0. The number of nitriles is 1. The second-order valence-electron chi connectivity index (χ2n) is 2.61. The summed E-state index contributed by atoms with van der Waals surface area (Å²) in [6, 6.07) is 0. The van der Waals surface area contributed by atoms with Crippen LogP contribution in [0.15, 0.2) is 0 Å². The Balaban J connectivity index is -0.0000000214. The summed E-state index contributed by atoms with van der Waals surface area (Å²) in [5.74, 6) is 0. The molecule has 0 bridgehead atoms. The molecule has 0 rings (SSSR count). The van der Waals surface area contributed by atoms with E-state index in [1.54, 1.807) is 0 Å². The molecule has 0 aliphatic rings. The first kappa shape index (κ1) is 49.8. The van der Waals surface area contributed by atoms with E-state index in [-0.39, 0.29) is 17.4 Å². The van der Waals surface area contributed by atoms with Gasteiger partial charge in [0.05, 0.1) is 26.2 Å². The van der Waals surface area contributed by atoms with Crippen LogP contribution in [0.4, 0.5) is 0 Å². The molecule has 0 atom stereocenters. The van der Waals surface area contributed by atoms with Crippen LogP contribution >= 0.6 is 0 Å². The van der Waals surface area contributed by atoms with Gasteiger partial charge in [0.1, 0.15) is 0 Å². The Labute approximate surface area is 144 Å². The minimum absolute atomic E-state index is 0. The van der Waals surface area contributed by atoms with E-state index in [2.05, 4.69) is 67.5 Å². The number of quaternary nitrogens is 1. The van der Waals surface area contributed by atoms with Crippen molar-refractivity contribution >= 4 is 0 Å². The molecule has 22 heavy (non-hydrogen) atoms. The molecular formula is C14H21CrN2O5+.